The maximum absolute atomic E-state index is 5.73. The van der Waals surface area contributed by atoms with Crippen molar-refractivity contribution in [1.82, 2.24) is 4.98 Å². The summed E-state index contributed by atoms with van der Waals surface area (Å²) in [5, 5.41) is 0. The number of hydrogen-bond acceptors (Lipinski definition) is 3. The average molecular weight is 220 g/mol. The first-order valence-electron chi connectivity index (χ1n) is 6.10. The first-order valence-corrected chi connectivity index (χ1v) is 6.10. The highest BCUT2D eigenvalue weighted by Crippen LogP contribution is 2.25. The van der Waals surface area contributed by atoms with Gasteiger partial charge in [-0.1, -0.05) is 12.8 Å². The summed E-state index contributed by atoms with van der Waals surface area (Å²) in [6.07, 6.45) is 7.11. The van der Waals surface area contributed by atoms with Crippen molar-refractivity contribution in [1.29, 1.82) is 0 Å². The van der Waals surface area contributed by atoms with Crippen LogP contribution in [0.1, 0.15) is 44.3 Å². The number of aromatic nitrogens is 1. The molecule has 1 atom stereocenters. The SMILES string of the molecule is C[C@H](N)c1ccc(OCC2CCCC2)cn1. The Morgan fingerprint density at radius 1 is 1.44 bits per heavy atom. The molecule has 2 rings (SSSR count). The van der Waals surface area contributed by atoms with Gasteiger partial charge in [-0.25, -0.2) is 0 Å². The fraction of sp³-hybridized carbons (Fsp3) is 0.615. The molecule has 1 aromatic heterocycles. The molecule has 3 heteroatoms. The largest absolute Gasteiger partial charge is 0.492 e. The quantitative estimate of drug-likeness (QED) is 0.848. The van der Waals surface area contributed by atoms with Crippen molar-refractivity contribution in [2.45, 2.75) is 38.6 Å². The summed E-state index contributed by atoms with van der Waals surface area (Å²) in [4.78, 5) is 4.27. The Bertz CT molecular complexity index is 315. The van der Waals surface area contributed by atoms with Crippen molar-refractivity contribution in [3.63, 3.8) is 0 Å². The molecule has 0 unspecified atom stereocenters. The van der Waals surface area contributed by atoms with Crippen molar-refractivity contribution >= 4 is 0 Å². The van der Waals surface area contributed by atoms with Gasteiger partial charge in [-0.15, -0.1) is 0 Å². The van der Waals surface area contributed by atoms with Gasteiger partial charge in [0.05, 0.1) is 18.5 Å². The van der Waals surface area contributed by atoms with Crippen LogP contribution in [-0.2, 0) is 0 Å². The lowest BCUT2D eigenvalue weighted by atomic mass is 10.1. The van der Waals surface area contributed by atoms with Crippen molar-refractivity contribution in [3.05, 3.63) is 24.0 Å². The minimum absolute atomic E-state index is 0.0103. The van der Waals surface area contributed by atoms with Crippen LogP contribution in [0.15, 0.2) is 18.3 Å². The van der Waals surface area contributed by atoms with Gasteiger partial charge in [0.2, 0.25) is 0 Å². The molecule has 0 saturated heterocycles. The van der Waals surface area contributed by atoms with E-state index < -0.39 is 0 Å². The first kappa shape index (κ1) is 11.4. The van der Waals surface area contributed by atoms with Crippen LogP contribution in [0.2, 0.25) is 0 Å². The molecule has 0 aromatic carbocycles. The third-order valence-electron chi connectivity index (χ3n) is 3.19. The number of hydrogen-bond donors (Lipinski definition) is 1. The Morgan fingerprint density at radius 3 is 2.75 bits per heavy atom. The molecule has 0 amide bonds. The molecule has 0 aliphatic heterocycles. The summed E-state index contributed by atoms with van der Waals surface area (Å²) in [6, 6.07) is 3.89. The molecule has 1 fully saturated rings. The van der Waals surface area contributed by atoms with Gasteiger partial charge >= 0.3 is 0 Å². The Hall–Kier alpha value is -1.09. The Balaban J connectivity index is 1.84. The maximum Gasteiger partial charge on any atom is 0.137 e. The van der Waals surface area contributed by atoms with Gasteiger partial charge in [0.1, 0.15) is 5.75 Å². The van der Waals surface area contributed by atoms with Crippen molar-refractivity contribution in [2.75, 3.05) is 6.61 Å². The van der Waals surface area contributed by atoms with E-state index in [0.717, 1.165) is 24.0 Å². The summed E-state index contributed by atoms with van der Waals surface area (Å²) < 4.78 is 5.72. The van der Waals surface area contributed by atoms with E-state index in [-0.39, 0.29) is 6.04 Å². The molecule has 0 spiro atoms. The van der Waals surface area contributed by atoms with Crippen LogP contribution < -0.4 is 10.5 Å². The molecule has 1 saturated carbocycles. The minimum atomic E-state index is -0.0103. The molecule has 2 N–H and O–H groups in total. The van der Waals surface area contributed by atoms with E-state index in [4.69, 9.17) is 10.5 Å². The second-order valence-electron chi connectivity index (χ2n) is 4.67. The Kier molecular flexibility index (Phi) is 3.78. The zero-order chi connectivity index (χ0) is 11.4. The highest BCUT2D eigenvalue weighted by atomic mass is 16.5. The Labute approximate surface area is 97.0 Å². The zero-order valence-corrected chi connectivity index (χ0v) is 9.86. The number of nitrogens with zero attached hydrogens (tertiary/aromatic N) is 1. The lowest BCUT2D eigenvalue weighted by molar-refractivity contribution is 0.251. The molecule has 16 heavy (non-hydrogen) atoms. The molecular formula is C13H20N2O. The van der Waals surface area contributed by atoms with E-state index in [1.807, 2.05) is 19.1 Å². The third kappa shape index (κ3) is 2.95. The lowest BCUT2D eigenvalue weighted by Gasteiger charge is -2.11. The van der Waals surface area contributed by atoms with Crippen molar-refractivity contribution in [3.8, 4) is 5.75 Å². The third-order valence-corrected chi connectivity index (χ3v) is 3.19. The average Bonchev–Trinajstić information content (AvgIpc) is 2.80. The van der Waals surface area contributed by atoms with Gasteiger partial charge in [-0.3, -0.25) is 4.98 Å². The monoisotopic (exact) mass is 220 g/mol. The van der Waals surface area contributed by atoms with Crippen LogP contribution >= 0.6 is 0 Å². The number of rotatable bonds is 4. The second-order valence-corrected chi connectivity index (χ2v) is 4.67. The van der Waals surface area contributed by atoms with E-state index in [2.05, 4.69) is 4.98 Å². The van der Waals surface area contributed by atoms with Gasteiger partial charge in [0.25, 0.3) is 0 Å². The van der Waals surface area contributed by atoms with E-state index in [0.29, 0.717) is 0 Å². The molecule has 3 nitrogen and oxygen atoms in total. The molecule has 1 aliphatic carbocycles. The van der Waals surface area contributed by atoms with Crippen LogP contribution in [0.3, 0.4) is 0 Å². The Morgan fingerprint density at radius 2 is 2.19 bits per heavy atom. The van der Waals surface area contributed by atoms with Gasteiger partial charge in [-0.05, 0) is 37.8 Å². The smallest absolute Gasteiger partial charge is 0.137 e. The van der Waals surface area contributed by atoms with Crippen LogP contribution in [0.4, 0.5) is 0 Å². The molecule has 88 valence electrons. The molecule has 0 radical (unpaired) electrons. The standard InChI is InChI=1S/C13H20N2O/c1-10(14)13-7-6-12(8-15-13)16-9-11-4-2-3-5-11/h6-8,10-11H,2-5,9,14H2,1H3/t10-/m0/s1. The molecule has 1 aliphatic rings. The molecule has 1 heterocycles. The van der Waals surface area contributed by atoms with Crippen molar-refractivity contribution in [2.24, 2.45) is 11.7 Å². The fourth-order valence-electron chi connectivity index (χ4n) is 2.14. The summed E-state index contributed by atoms with van der Waals surface area (Å²) in [7, 11) is 0. The van der Waals surface area contributed by atoms with E-state index in [1.165, 1.54) is 25.7 Å². The molecular weight excluding hydrogens is 200 g/mol. The summed E-state index contributed by atoms with van der Waals surface area (Å²) in [6.45, 7) is 2.76. The number of pyridine rings is 1. The lowest BCUT2D eigenvalue weighted by Crippen LogP contribution is -2.09. The summed E-state index contributed by atoms with van der Waals surface area (Å²) in [5.74, 6) is 1.60. The molecule has 0 bridgehead atoms. The summed E-state index contributed by atoms with van der Waals surface area (Å²) in [5.41, 5.74) is 6.64. The highest BCUT2D eigenvalue weighted by molar-refractivity contribution is 5.21. The van der Waals surface area contributed by atoms with Crippen LogP contribution in [0, 0.1) is 5.92 Å². The van der Waals surface area contributed by atoms with Gasteiger partial charge in [-0.2, -0.15) is 0 Å². The van der Waals surface area contributed by atoms with Crippen LogP contribution in [0.25, 0.3) is 0 Å². The number of nitrogens with two attached hydrogens (primary N) is 1. The summed E-state index contributed by atoms with van der Waals surface area (Å²) >= 11 is 0. The van der Waals surface area contributed by atoms with Gasteiger partial charge in [0, 0.05) is 6.04 Å². The number of ether oxygens (including phenoxy) is 1. The zero-order valence-electron chi connectivity index (χ0n) is 9.86. The van der Waals surface area contributed by atoms with Crippen molar-refractivity contribution < 1.29 is 4.74 Å². The minimum Gasteiger partial charge on any atom is -0.492 e. The maximum atomic E-state index is 5.73. The first-order chi connectivity index (χ1) is 7.75. The van der Waals surface area contributed by atoms with Crippen LogP contribution in [0.5, 0.6) is 5.75 Å². The second kappa shape index (κ2) is 5.30. The van der Waals surface area contributed by atoms with E-state index in [9.17, 15) is 0 Å². The predicted octanol–water partition coefficient (Wildman–Crippen LogP) is 2.67. The van der Waals surface area contributed by atoms with E-state index >= 15 is 0 Å². The highest BCUT2D eigenvalue weighted by Gasteiger charge is 2.15. The fourth-order valence-corrected chi connectivity index (χ4v) is 2.14. The van der Waals surface area contributed by atoms with Gasteiger partial charge in [0.15, 0.2) is 0 Å². The normalized spacial score (nSPS) is 18.6. The van der Waals surface area contributed by atoms with E-state index in [1.54, 1.807) is 6.20 Å². The molecule has 1 aromatic rings. The van der Waals surface area contributed by atoms with Crippen LogP contribution in [-0.4, -0.2) is 11.6 Å². The predicted molar refractivity (Wildman–Crippen MR) is 64.3 cm³/mol. The van der Waals surface area contributed by atoms with Gasteiger partial charge < -0.3 is 10.5 Å². The topological polar surface area (TPSA) is 48.1 Å².